The average molecular weight is 277 g/mol. The van der Waals surface area contributed by atoms with Crippen molar-refractivity contribution in [3.63, 3.8) is 0 Å². The Morgan fingerprint density at radius 2 is 1.76 bits per heavy atom. The first-order valence-corrected chi connectivity index (χ1v) is 7.01. The number of aliphatic hydroxyl groups is 1. The number of halogens is 1. The van der Waals surface area contributed by atoms with Crippen LogP contribution in [0.5, 0.6) is 0 Å². The minimum atomic E-state index is -4.52. The maximum Gasteiger partial charge on any atom is 0.140 e. The van der Waals surface area contributed by atoms with Gasteiger partial charge in [-0.05, 0) is 12.5 Å². The molecular weight excluding hydrogens is 268 g/mol. The summed E-state index contributed by atoms with van der Waals surface area (Å²) in [7, 11) is -5.88. The van der Waals surface area contributed by atoms with Crippen molar-refractivity contribution in [2.24, 2.45) is 0 Å². The Bertz CT molecular complexity index is 518. The molecule has 0 saturated heterocycles. The molecule has 0 bridgehead atoms. The van der Waals surface area contributed by atoms with Crippen molar-refractivity contribution in [3.05, 3.63) is 40.8 Å². The molecule has 0 saturated carbocycles. The third-order valence-electron chi connectivity index (χ3n) is 2.25. The summed E-state index contributed by atoms with van der Waals surface area (Å²) in [6, 6.07) is 6.94. The summed E-state index contributed by atoms with van der Waals surface area (Å²) < 4.78 is 36.0. The van der Waals surface area contributed by atoms with Crippen LogP contribution in [0, 0.1) is 10.2 Å². The van der Waals surface area contributed by atoms with Gasteiger partial charge >= 0.3 is 0 Å². The van der Waals surface area contributed by atoms with Gasteiger partial charge in [0.1, 0.15) is 20.3 Å². The lowest BCUT2D eigenvalue weighted by atomic mass is 10.0. The standard InChI is InChI=1S/C10H9ClO5S/c1-7-8-4-2-3-5-9(8)10(12)6-17(7)16-11(13,14)15/h2-6,12H,1H3. The molecule has 0 fully saturated rings. The fourth-order valence-corrected chi connectivity index (χ4v) is 3.61. The molecule has 7 heteroatoms. The molecule has 1 aromatic rings. The lowest BCUT2D eigenvalue weighted by Gasteiger charge is -2.18. The first kappa shape index (κ1) is 12.6. The molecule has 1 aromatic carbocycles. The number of hydrogen-bond acceptors (Lipinski definition) is 5. The Kier molecular flexibility index (Phi) is 3.26. The molecule has 92 valence electrons. The maximum atomic E-state index is 10.5. The molecule has 1 aliphatic rings. The van der Waals surface area contributed by atoms with Gasteiger partial charge < -0.3 is 5.11 Å². The Morgan fingerprint density at radius 3 is 2.35 bits per heavy atom. The van der Waals surface area contributed by atoms with Gasteiger partial charge in [0, 0.05) is 15.8 Å². The van der Waals surface area contributed by atoms with Crippen LogP contribution in [0.25, 0.3) is 5.76 Å². The molecule has 1 N–H and O–H groups in total. The van der Waals surface area contributed by atoms with Crippen molar-refractivity contribution < 1.29 is 33.1 Å². The molecule has 1 aliphatic heterocycles. The van der Waals surface area contributed by atoms with Gasteiger partial charge in [0.25, 0.3) is 0 Å². The summed E-state index contributed by atoms with van der Waals surface area (Å²) >= 11 is 0. The number of fused-ring (bicyclic) bond motifs is 1. The summed E-state index contributed by atoms with van der Waals surface area (Å²) in [5, 5.41) is 10.9. The van der Waals surface area contributed by atoms with Crippen LogP contribution in [-0.4, -0.2) is 9.97 Å². The first-order valence-electron chi connectivity index (χ1n) is 4.56. The molecule has 0 radical (unpaired) electrons. The van der Waals surface area contributed by atoms with E-state index in [4.69, 9.17) is 0 Å². The zero-order valence-corrected chi connectivity index (χ0v) is 10.3. The van der Waals surface area contributed by atoms with Gasteiger partial charge in [-0.15, -0.1) is 0 Å². The van der Waals surface area contributed by atoms with Gasteiger partial charge in [0.2, 0.25) is 0 Å². The fourth-order valence-electron chi connectivity index (χ4n) is 1.52. The third-order valence-corrected chi connectivity index (χ3v) is 4.67. The van der Waals surface area contributed by atoms with E-state index in [9.17, 15) is 19.1 Å². The number of rotatable bonds is 2. The van der Waals surface area contributed by atoms with Gasteiger partial charge in [-0.1, -0.05) is 24.3 Å². The largest absolute Gasteiger partial charge is 0.507 e. The molecule has 1 atom stereocenters. The van der Waals surface area contributed by atoms with Crippen molar-refractivity contribution in [2.75, 3.05) is 0 Å². The Labute approximate surface area is 102 Å². The smallest absolute Gasteiger partial charge is 0.140 e. The molecule has 0 aromatic heterocycles. The SMILES string of the molecule is CC1=S(O[Cl+3]([O-])([O-])[O-])C=C(O)c2ccccc21. The van der Waals surface area contributed by atoms with Crippen LogP contribution in [0.15, 0.2) is 29.7 Å². The summed E-state index contributed by atoms with van der Waals surface area (Å²) in [5.41, 5.74) is 1.27. The third kappa shape index (κ3) is 2.68. The van der Waals surface area contributed by atoms with Gasteiger partial charge in [0.05, 0.1) is 10.2 Å². The van der Waals surface area contributed by atoms with Crippen molar-refractivity contribution >= 4 is 21.4 Å². The molecule has 5 nitrogen and oxygen atoms in total. The monoisotopic (exact) mass is 276 g/mol. The van der Waals surface area contributed by atoms with Crippen LogP contribution in [0.1, 0.15) is 18.1 Å². The Morgan fingerprint density at radius 1 is 1.18 bits per heavy atom. The van der Waals surface area contributed by atoms with Crippen LogP contribution < -0.4 is 14.0 Å². The van der Waals surface area contributed by atoms with Crippen molar-refractivity contribution in [1.82, 2.24) is 0 Å². The van der Waals surface area contributed by atoms with E-state index in [0.717, 1.165) is 0 Å². The molecule has 0 amide bonds. The molecule has 0 aliphatic carbocycles. The summed E-state index contributed by atoms with van der Waals surface area (Å²) in [5.74, 6) is -0.0895. The normalized spacial score (nSPS) is 19.9. The minimum absolute atomic E-state index is 0.0895. The highest BCUT2D eigenvalue weighted by Gasteiger charge is 2.27. The predicted octanol–water partition coefficient (Wildman–Crippen LogP) is -0.805. The van der Waals surface area contributed by atoms with E-state index in [1.807, 2.05) is 0 Å². The summed E-state index contributed by atoms with van der Waals surface area (Å²) in [6.07, 6.45) is 0. The molecule has 1 unspecified atom stereocenters. The number of benzene rings is 1. The second-order valence-electron chi connectivity index (χ2n) is 3.34. The highest BCUT2D eigenvalue weighted by atomic mass is 35.7. The molecule has 1 heterocycles. The summed E-state index contributed by atoms with van der Waals surface area (Å²) in [6.45, 7) is 1.66. The van der Waals surface area contributed by atoms with Gasteiger partial charge in [-0.25, -0.2) is 0 Å². The van der Waals surface area contributed by atoms with Crippen molar-refractivity contribution in [2.45, 2.75) is 6.92 Å². The van der Waals surface area contributed by atoms with Crippen LogP contribution in [0.2, 0.25) is 0 Å². The van der Waals surface area contributed by atoms with E-state index < -0.39 is 21.0 Å². The second-order valence-corrected chi connectivity index (χ2v) is 6.05. The van der Waals surface area contributed by atoms with E-state index in [2.05, 4.69) is 3.74 Å². The van der Waals surface area contributed by atoms with Crippen LogP contribution in [-0.2, 0) is 3.74 Å². The highest BCUT2D eigenvalue weighted by Crippen LogP contribution is 2.35. The van der Waals surface area contributed by atoms with Crippen molar-refractivity contribution in [1.29, 1.82) is 0 Å². The molecule has 17 heavy (non-hydrogen) atoms. The fraction of sp³-hybridized carbons (Fsp3) is 0.100. The molecule has 0 spiro atoms. The number of aliphatic hydroxyl groups excluding tert-OH is 1. The molecule has 2 rings (SSSR count). The Hall–Kier alpha value is -0.890. The summed E-state index contributed by atoms with van der Waals surface area (Å²) in [4.78, 5) is 0.588. The number of hydrogen-bond donors (Lipinski definition) is 1. The van der Waals surface area contributed by atoms with E-state index >= 15 is 0 Å². The second kappa shape index (κ2) is 4.41. The lowest BCUT2D eigenvalue weighted by Crippen LogP contribution is -2.60. The average Bonchev–Trinajstić information content (AvgIpc) is 2.24. The van der Waals surface area contributed by atoms with E-state index in [1.54, 1.807) is 31.2 Å². The Balaban J connectivity index is 2.50. The van der Waals surface area contributed by atoms with Crippen LogP contribution >= 0.6 is 10.8 Å². The predicted molar refractivity (Wildman–Crippen MR) is 55.5 cm³/mol. The van der Waals surface area contributed by atoms with Gasteiger partial charge in [-0.2, -0.15) is 14.0 Å². The van der Waals surface area contributed by atoms with E-state index in [0.29, 0.717) is 16.0 Å². The maximum absolute atomic E-state index is 10.5. The molecular formula is C10H9ClO5S. The zero-order chi connectivity index (χ0) is 12.6. The topological polar surface area (TPSA) is 98.6 Å². The van der Waals surface area contributed by atoms with Crippen molar-refractivity contribution in [3.8, 4) is 0 Å². The quantitative estimate of drug-likeness (QED) is 0.713. The minimum Gasteiger partial charge on any atom is -0.507 e. The first-order chi connectivity index (χ1) is 7.88. The van der Waals surface area contributed by atoms with E-state index in [-0.39, 0.29) is 5.76 Å². The van der Waals surface area contributed by atoms with Crippen LogP contribution in [0.4, 0.5) is 0 Å². The van der Waals surface area contributed by atoms with Crippen LogP contribution in [0.3, 0.4) is 0 Å². The van der Waals surface area contributed by atoms with Gasteiger partial charge in [0.15, 0.2) is 0 Å². The highest BCUT2D eigenvalue weighted by molar-refractivity contribution is 8.14. The van der Waals surface area contributed by atoms with Gasteiger partial charge in [-0.3, -0.25) is 0 Å². The zero-order valence-electron chi connectivity index (χ0n) is 8.75. The lowest BCUT2D eigenvalue weighted by molar-refractivity contribution is -1.91. The van der Waals surface area contributed by atoms with E-state index in [1.165, 1.54) is 5.41 Å².